The summed E-state index contributed by atoms with van der Waals surface area (Å²) < 4.78 is 18.9. The Morgan fingerprint density at radius 1 is 1.24 bits per heavy atom. The largest absolute Gasteiger partial charge is 0.383 e. The van der Waals surface area contributed by atoms with E-state index < -0.39 is 5.82 Å². The van der Waals surface area contributed by atoms with E-state index >= 15 is 0 Å². The third kappa shape index (κ3) is 3.99. The number of likely N-dealkylation sites (tertiary alicyclic amines) is 2. The fraction of sp³-hybridized carbons (Fsp3) is 0.632. The van der Waals surface area contributed by atoms with E-state index in [0.29, 0.717) is 12.1 Å². The molecule has 1 amide bonds. The number of hydrogen-bond acceptors (Lipinski definition) is 3. The summed E-state index contributed by atoms with van der Waals surface area (Å²) >= 11 is 5.72. The van der Waals surface area contributed by atoms with E-state index in [1.54, 1.807) is 13.2 Å². The number of hydrogen-bond donors (Lipinski definition) is 0. The van der Waals surface area contributed by atoms with Gasteiger partial charge in [-0.2, -0.15) is 0 Å². The monoisotopic (exact) mass is 368 g/mol. The molecule has 6 heteroatoms. The van der Waals surface area contributed by atoms with Gasteiger partial charge in [0.1, 0.15) is 5.82 Å². The van der Waals surface area contributed by atoms with Gasteiger partial charge >= 0.3 is 0 Å². The normalized spacial score (nSPS) is 24.7. The number of ether oxygens (including phenoxy) is 1. The number of halogens is 2. The Hall–Kier alpha value is -1.17. The smallest absolute Gasteiger partial charge is 0.253 e. The van der Waals surface area contributed by atoms with Gasteiger partial charge in [-0.05, 0) is 56.8 Å². The van der Waals surface area contributed by atoms with Gasteiger partial charge in [-0.25, -0.2) is 4.39 Å². The molecule has 2 fully saturated rings. The molecule has 2 aliphatic rings. The van der Waals surface area contributed by atoms with Crippen molar-refractivity contribution in [1.29, 1.82) is 0 Å². The Morgan fingerprint density at radius 3 is 2.72 bits per heavy atom. The summed E-state index contributed by atoms with van der Waals surface area (Å²) in [5.74, 6) is -0.644. The molecule has 1 atom stereocenters. The summed E-state index contributed by atoms with van der Waals surface area (Å²) in [6, 6.07) is 4.30. The molecule has 1 spiro atoms. The molecule has 1 aromatic rings. The van der Waals surface area contributed by atoms with E-state index in [4.69, 9.17) is 16.3 Å². The van der Waals surface area contributed by atoms with E-state index in [1.165, 1.54) is 25.0 Å². The van der Waals surface area contributed by atoms with Crippen LogP contribution in [-0.4, -0.2) is 61.1 Å². The molecular formula is C19H26ClFN2O2. The minimum Gasteiger partial charge on any atom is -0.383 e. The van der Waals surface area contributed by atoms with Crippen LogP contribution < -0.4 is 0 Å². The predicted molar refractivity (Wildman–Crippen MR) is 96.6 cm³/mol. The summed E-state index contributed by atoms with van der Waals surface area (Å²) in [6.07, 6.45) is 5.45. The van der Waals surface area contributed by atoms with Crippen LogP contribution in [0.1, 0.15) is 42.5 Å². The predicted octanol–water partition coefficient (Wildman–Crippen LogP) is 3.59. The number of benzene rings is 1. The van der Waals surface area contributed by atoms with Crippen molar-refractivity contribution < 1.29 is 13.9 Å². The first kappa shape index (κ1) is 18.6. The number of nitrogens with zero attached hydrogens (tertiary/aromatic N) is 2. The van der Waals surface area contributed by atoms with Crippen LogP contribution in [0.2, 0.25) is 5.02 Å². The fourth-order valence-corrected chi connectivity index (χ4v) is 4.42. The third-order valence-electron chi connectivity index (χ3n) is 5.68. The van der Waals surface area contributed by atoms with Crippen LogP contribution in [0.5, 0.6) is 0 Å². The maximum Gasteiger partial charge on any atom is 0.253 e. The van der Waals surface area contributed by atoms with Crippen LogP contribution in [0.3, 0.4) is 0 Å². The summed E-state index contributed by atoms with van der Waals surface area (Å²) in [6.45, 7) is 4.25. The molecule has 25 heavy (non-hydrogen) atoms. The second kappa shape index (κ2) is 8.02. The second-order valence-electron chi connectivity index (χ2n) is 7.08. The zero-order chi connectivity index (χ0) is 17.9. The van der Waals surface area contributed by atoms with Gasteiger partial charge in [-0.15, -0.1) is 0 Å². The highest BCUT2D eigenvalue weighted by Gasteiger charge is 2.41. The summed E-state index contributed by atoms with van der Waals surface area (Å²) in [5, 5.41) is 0.0473. The van der Waals surface area contributed by atoms with Crippen molar-refractivity contribution in [1.82, 2.24) is 9.80 Å². The number of rotatable bonds is 4. The average molecular weight is 369 g/mol. The molecule has 2 saturated heterocycles. The Labute approximate surface area is 153 Å². The molecule has 0 bridgehead atoms. The van der Waals surface area contributed by atoms with E-state index in [0.717, 1.165) is 45.5 Å². The van der Waals surface area contributed by atoms with E-state index in [-0.39, 0.29) is 16.5 Å². The van der Waals surface area contributed by atoms with Gasteiger partial charge in [0.05, 0.1) is 11.6 Å². The second-order valence-corrected chi connectivity index (χ2v) is 7.49. The zero-order valence-electron chi connectivity index (χ0n) is 14.8. The highest BCUT2D eigenvalue weighted by atomic mass is 35.5. The fourth-order valence-electron chi connectivity index (χ4n) is 4.30. The first-order chi connectivity index (χ1) is 12.1. The van der Waals surface area contributed by atoms with Crippen molar-refractivity contribution in [2.75, 3.05) is 39.9 Å². The molecule has 2 heterocycles. The lowest BCUT2D eigenvalue weighted by molar-refractivity contribution is 0.0697. The zero-order valence-corrected chi connectivity index (χ0v) is 15.5. The van der Waals surface area contributed by atoms with Gasteiger partial charge in [0.15, 0.2) is 0 Å². The average Bonchev–Trinajstić information content (AvgIpc) is 2.86. The molecule has 0 aromatic heterocycles. The Balaban J connectivity index is 1.68. The summed E-state index contributed by atoms with van der Waals surface area (Å²) in [7, 11) is 1.74. The lowest BCUT2D eigenvalue weighted by Gasteiger charge is -2.38. The highest BCUT2D eigenvalue weighted by Crippen LogP contribution is 2.38. The van der Waals surface area contributed by atoms with Crippen molar-refractivity contribution in [3.63, 3.8) is 0 Å². The van der Waals surface area contributed by atoms with Crippen LogP contribution in [0, 0.1) is 5.82 Å². The van der Waals surface area contributed by atoms with Gasteiger partial charge in [-0.3, -0.25) is 9.69 Å². The molecule has 0 aliphatic carbocycles. The number of methoxy groups -OCH3 is 1. The molecular weight excluding hydrogens is 343 g/mol. The standard InChI is InChI=1S/C19H26ClFN2O2/c1-25-13-12-23-10-3-7-19(23)6-2-9-22(11-8-19)18(24)15-4-5-16(20)17(21)14-15/h4-5,14H,2-3,6-13H2,1H3. The van der Waals surface area contributed by atoms with Gasteiger partial charge in [0.2, 0.25) is 0 Å². The molecule has 0 N–H and O–H groups in total. The molecule has 4 nitrogen and oxygen atoms in total. The first-order valence-electron chi connectivity index (χ1n) is 9.04. The Morgan fingerprint density at radius 2 is 2.00 bits per heavy atom. The molecule has 0 saturated carbocycles. The van der Waals surface area contributed by atoms with Gasteiger partial charge in [0.25, 0.3) is 5.91 Å². The van der Waals surface area contributed by atoms with Gasteiger partial charge in [-0.1, -0.05) is 11.6 Å². The summed E-state index contributed by atoms with van der Waals surface area (Å²) in [5.41, 5.74) is 0.569. The van der Waals surface area contributed by atoms with E-state index in [1.807, 2.05) is 4.90 Å². The molecule has 1 unspecified atom stereocenters. The minimum absolute atomic E-state index is 0.0473. The Bertz CT molecular complexity index is 627. The maximum atomic E-state index is 13.7. The van der Waals surface area contributed by atoms with Crippen LogP contribution in [-0.2, 0) is 4.74 Å². The Kier molecular flexibility index (Phi) is 5.97. The maximum absolute atomic E-state index is 13.7. The SMILES string of the molecule is COCCN1CCCC12CCCN(C(=O)c1ccc(Cl)c(F)c1)CC2. The van der Waals surface area contributed by atoms with E-state index in [2.05, 4.69) is 4.90 Å². The van der Waals surface area contributed by atoms with Crippen LogP contribution in [0.15, 0.2) is 18.2 Å². The van der Waals surface area contributed by atoms with Crippen molar-refractivity contribution >= 4 is 17.5 Å². The molecule has 2 aliphatic heterocycles. The first-order valence-corrected chi connectivity index (χ1v) is 9.42. The molecule has 138 valence electrons. The van der Waals surface area contributed by atoms with Crippen LogP contribution in [0.25, 0.3) is 0 Å². The molecule has 0 radical (unpaired) electrons. The molecule has 3 rings (SSSR count). The van der Waals surface area contributed by atoms with Crippen LogP contribution >= 0.6 is 11.6 Å². The lowest BCUT2D eigenvalue weighted by Crippen LogP contribution is -2.46. The number of carbonyl (C=O) groups is 1. The van der Waals surface area contributed by atoms with Crippen molar-refractivity contribution in [3.8, 4) is 0 Å². The highest BCUT2D eigenvalue weighted by molar-refractivity contribution is 6.30. The number of amides is 1. The molecule has 1 aromatic carbocycles. The third-order valence-corrected chi connectivity index (χ3v) is 5.98. The topological polar surface area (TPSA) is 32.8 Å². The van der Waals surface area contributed by atoms with Crippen LogP contribution in [0.4, 0.5) is 4.39 Å². The van der Waals surface area contributed by atoms with Crippen molar-refractivity contribution in [2.24, 2.45) is 0 Å². The quantitative estimate of drug-likeness (QED) is 0.814. The van der Waals surface area contributed by atoms with E-state index in [9.17, 15) is 9.18 Å². The van der Waals surface area contributed by atoms with Crippen molar-refractivity contribution in [3.05, 3.63) is 34.6 Å². The number of carbonyl (C=O) groups excluding carboxylic acids is 1. The minimum atomic E-state index is -0.541. The van der Waals surface area contributed by atoms with Gasteiger partial charge in [0, 0.05) is 37.8 Å². The van der Waals surface area contributed by atoms with Crippen molar-refractivity contribution in [2.45, 2.75) is 37.6 Å². The lowest BCUT2D eigenvalue weighted by atomic mass is 9.88. The van der Waals surface area contributed by atoms with Gasteiger partial charge < -0.3 is 9.64 Å². The summed E-state index contributed by atoms with van der Waals surface area (Å²) in [4.78, 5) is 17.2.